The summed E-state index contributed by atoms with van der Waals surface area (Å²) >= 11 is 0. The van der Waals surface area contributed by atoms with Gasteiger partial charge in [0.2, 0.25) is 5.91 Å². The number of carbonyl (C=O) groups is 1. The molecule has 2 N–H and O–H groups in total. The Morgan fingerprint density at radius 1 is 1.36 bits per heavy atom. The number of benzene rings is 1. The molecule has 0 fully saturated rings. The van der Waals surface area contributed by atoms with Crippen LogP contribution in [-0.2, 0) is 4.79 Å². The third kappa shape index (κ3) is 5.05. The molecule has 0 bridgehead atoms. The fourth-order valence-corrected chi connectivity index (χ4v) is 2.02. The molecular weight excluding hydrogens is 278 g/mol. The molecule has 5 nitrogen and oxygen atoms in total. The van der Waals surface area contributed by atoms with Gasteiger partial charge in [-0.3, -0.25) is 4.79 Å². The molecule has 5 heteroatoms. The number of para-hydroxylation sites is 1. The monoisotopic (exact) mass is 303 g/mol. The van der Waals surface area contributed by atoms with Gasteiger partial charge in [-0.05, 0) is 31.9 Å². The van der Waals surface area contributed by atoms with E-state index in [9.17, 15) is 15.2 Å². The van der Waals surface area contributed by atoms with E-state index in [-0.39, 0.29) is 18.4 Å². The van der Waals surface area contributed by atoms with Crippen LogP contribution in [0.4, 0.5) is 5.69 Å². The highest BCUT2D eigenvalue weighted by Crippen LogP contribution is 2.16. The minimum Gasteiger partial charge on any atom is -0.392 e. The van der Waals surface area contributed by atoms with Crippen LogP contribution < -0.4 is 10.2 Å². The van der Waals surface area contributed by atoms with Crippen molar-refractivity contribution in [2.75, 3.05) is 18.0 Å². The molecule has 1 aromatic rings. The Balaban J connectivity index is 2.83. The molecule has 0 heterocycles. The van der Waals surface area contributed by atoms with Gasteiger partial charge in [-0.25, -0.2) is 0 Å². The highest BCUT2D eigenvalue weighted by Gasteiger charge is 2.30. The lowest BCUT2D eigenvalue weighted by Crippen LogP contribution is -2.52. The summed E-state index contributed by atoms with van der Waals surface area (Å²) in [4.78, 5) is 14.1. The third-order valence-corrected chi connectivity index (χ3v) is 3.73. The minimum absolute atomic E-state index is 0.00314. The first-order valence-electron chi connectivity index (χ1n) is 7.49. The number of amides is 1. The van der Waals surface area contributed by atoms with E-state index in [4.69, 9.17) is 0 Å². The number of hydrogen-bond donors (Lipinski definition) is 2. The van der Waals surface area contributed by atoms with Crippen LogP contribution in [0.2, 0.25) is 0 Å². The van der Waals surface area contributed by atoms with Gasteiger partial charge in [-0.1, -0.05) is 32.0 Å². The number of nitriles is 1. The smallest absolute Gasteiger partial charge is 0.240 e. The summed E-state index contributed by atoms with van der Waals surface area (Å²) in [5.74, 6) is -0.231. The maximum absolute atomic E-state index is 12.3. The molecule has 1 amide bonds. The molecular formula is C17H25N3O2. The number of aliphatic hydroxyl groups is 1. The van der Waals surface area contributed by atoms with Crippen LogP contribution in [0.25, 0.3) is 0 Å². The van der Waals surface area contributed by atoms with Crippen molar-refractivity contribution < 1.29 is 9.90 Å². The summed E-state index contributed by atoms with van der Waals surface area (Å²) in [6.07, 6.45) is -0.555. The Hall–Kier alpha value is -2.06. The van der Waals surface area contributed by atoms with Gasteiger partial charge in [0, 0.05) is 12.2 Å². The zero-order valence-electron chi connectivity index (χ0n) is 13.7. The Kier molecular flexibility index (Phi) is 6.39. The predicted octanol–water partition coefficient (Wildman–Crippen LogP) is 1.93. The van der Waals surface area contributed by atoms with Crippen LogP contribution in [0, 0.1) is 17.2 Å². The fraction of sp³-hybridized carbons (Fsp3) is 0.529. The fourth-order valence-electron chi connectivity index (χ4n) is 2.02. The van der Waals surface area contributed by atoms with E-state index >= 15 is 0 Å². The molecule has 2 atom stereocenters. The summed E-state index contributed by atoms with van der Waals surface area (Å²) in [5.41, 5.74) is -0.0358. The van der Waals surface area contributed by atoms with Crippen LogP contribution >= 0.6 is 0 Å². The number of nitrogens with one attached hydrogen (secondary N) is 1. The average molecular weight is 303 g/mol. The van der Waals surface area contributed by atoms with E-state index in [1.54, 1.807) is 18.7 Å². The van der Waals surface area contributed by atoms with Gasteiger partial charge < -0.3 is 15.3 Å². The molecule has 0 aliphatic heterocycles. The van der Waals surface area contributed by atoms with Crippen molar-refractivity contribution in [3.05, 3.63) is 30.3 Å². The molecule has 0 radical (unpaired) electrons. The molecule has 0 aliphatic rings. The number of nitrogens with zero attached hydrogens (tertiary/aromatic N) is 2. The second kappa shape index (κ2) is 7.81. The first kappa shape index (κ1) is 18.0. The molecule has 0 aliphatic carbocycles. The molecule has 22 heavy (non-hydrogen) atoms. The van der Waals surface area contributed by atoms with Crippen LogP contribution in [-0.4, -0.2) is 35.7 Å². The van der Waals surface area contributed by atoms with Crippen molar-refractivity contribution in [2.45, 2.75) is 39.3 Å². The lowest BCUT2D eigenvalue weighted by molar-refractivity contribution is -0.121. The number of hydrogen-bond acceptors (Lipinski definition) is 4. The molecule has 0 unspecified atom stereocenters. The van der Waals surface area contributed by atoms with Gasteiger partial charge in [0.05, 0.1) is 18.7 Å². The number of aliphatic hydroxyl groups excluding tert-OH is 1. The Labute approximate surface area is 132 Å². The van der Waals surface area contributed by atoms with Gasteiger partial charge in [-0.2, -0.15) is 5.26 Å². The van der Waals surface area contributed by atoms with Crippen molar-refractivity contribution in [3.63, 3.8) is 0 Å². The van der Waals surface area contributed by atoms with Crippen molar-refractivity contribution in [2.24, 2.45) is 5.92 Å². The topological polar surface area (TPSA) is 76.4 Å². The maximum Gasteiger partial charge on any atom is 0.240 e. The second-order valence-corrected chi connectivity index (χ2v) is 6.08. The highest BCUT2D eigenvalue weighted by molar-refractivity contribution is 5.82. The number of carbonyl (C=O) groups excluding carboxylic acids is 1. The summed E-state index contributed by atoms with van der Waals surface area (Å²) in [6.45, 7) is 7.64. The molecule has 120 valence electrons. The largest absolute Gasteiger partial charge is 0.392 e. The zero-order chi connectivity index (χ0) is 16.8. The Bertz CT molecular complexity index is 522. The van der Waals surface area contributed by atoms with Crippen LogP contribution in [0.15, 0.2) is 30.3 Å². The summed E-state index contributed by atoms with van der Waals surface area (Å²) in [7, 11) is 0. The van der Waals surface area contributed by atoms with Gasteiger partial charge >= 0.3 is 0 Å². The Morgan fingerprint density at radius 3 is 2.41 bits per heavy atom. The van der Waals surface area contributed by atoms with Crippen molar-refractivity contribution in [3.8, 4) is 6.07 Å². The molecule has 0 saturated heterocycles. The summed E-state index contributed by atoms with van der Waals surface area (Å²) in [6, 6.07) is 11.6. The summed E-state index contributed by atoms with van der Waals surface area (Å²) < 4.78 is 0. The van der Waals surface area contributed by atoms with Crippen molar-refractivity contribution >= 4 is 11.6 Å². The average Bonchev–Trinajstić information content (AvgIpc) is 2.46. The van der Waals surface area contributed by atoms with Gasteiger partial charge in [-0.15, -0.1) is 0 Å². The first-order valence-corrected chi connectivity index (χ1v) is 7.49. The van der Waals surface area contributed by atoms with E-state index in [0.717, 1.165) is 5.69 Å². The van der Waals surface area contributed by atoms with Crippen molar-refractivity contribution in [1.29, 1.82) is 5.26 Å². The maximum atomic E-state index is 12.3. The lowest BCUT2D eigenvalue weighted by Gasteiger charge is -2.30. The summed E-state index contributed by atoms with van der Waals surface area (Å²) in [5, 5.41) is 21.7. The van der Waals surface area contributed by atoms with E-state index < -0.39 is 11.6 Å². The number of anilines is 1. The first-order chi connectivity index (χ1) is 10.3. The zero-order valence-corrected chi connectivity index (χ0v) is 13.7. The number of rotatable bonds is 7. The van der Waals surface area contributed by atoms with Gasteiger partial charge in [0.15, 0.2) is 0 Å². The van der Waals surface area contributed by atoms with Crippen LogP contribution in [0.1, 0.15) is 27.7 Å². The van der Waals surface area contributed by atoms with Crippen LogP contribution in [0.3, 0.4) is 0 Å². The standard InChI is InChI=1S/C17H25N3O2/c1-13(2)17(4,12-18)19-16(22)11-20(10-14(3)21)15-8-6-5-7-9-15/h5-9,13-14,21H,10-11H2,1-4H3,(H,19,22)/t14-,17+/m0/s1. The molecule has 1 rings (SSSR count). The van der Waals surface area contributed by atoms with E-state index in [1.807, 2.05) is 44.2 Å². The molecule has 0 spiro atoms. The molecule has 0 aromatic heterocycles. The highest BCUT2D eigenvalue weighted by atomic mass is 16.3. The predicted molar refractivity (Wildman–Crippen MR) is 87.3 cm³/mol. The van der Waals surface area contributed by atoms with Gasteiger partial charge in [0.25, 0.3) is 0 Å². The van der Waals surface area contributed by atoms with Crippen LogP contribution in [0.5, 0.6) is 0 Å². The Morgan fingerprint density at radius 2 is 1.95 bits per heavy atom. The van der Waals surface area contributed by atoms with Crippen molar-refractivity contribution in [1.82, 2.24) is 5.32 Å². The SMILES string of the molecule is CC(C)[C@@](C)(C#N)NC(=O)CN(C[C@H](C)O)c1ccccc1. The van der Waals surface area contributed by atoms with E-state index in [1.165, 1.54) is 0 Å². The normalized spacial score (nSPS) is 14.8. The van der Waals surface area contributed by atoms with E-state index in [2.05, 4.69) is 11.4 Å². The molecule has 1 aromatic carbocycles. The molecule has 0 saturated carbocycles. The third-order valence-electron chi connectivity index (χ3n) is 3.73. The van der Waals surface area contributed by atoms with E-state index in [0.29, 0.717) is 6.54 Å². The quantitative estimate of drug-likeness (QED) is 0.807. The minimum atomic E-state index is -0.899. The second-order valence-electron chi connectivity index (χ2n) is 6.08. The lowest BCUT2D eigenvalue weighted by atomic mass is 9.90. The van der Waals surface area contributed by atoms with Gasteiger partial charge in [0.1, 0.15) is 5.54 Å².